The van der Waals surface area contributed by atoms with E-state index in [0.29, 0.717) is 0 Å². The minimum absolute atomic E-state index is 0.0422. The van der Waals surface area contributed by atoms with Crippen molar-refractivity contribution in [1.82, 2.24) is 9.78 Å². The van der Waals surface area contributed by atoms with Crippen LogP contribution >= 0.6 is 0 Å². The Morgan fingerprint density at radius 1 is 1.35 bits per heavy atom. The molecule has 0 aliphatic rings. The number of anilines is 1. The minimum atomic E-state index is -4.61. The van der Waals surface area contributed by atoms with Crippen molar-refractivity contribution in [1.29, 1.82) is 0 Å². The highest BCUT2D eigenvalue weighted by atomic mass is 19.4. The van der Waals surface area contributed by atoms with E-state index < -0.39 is 23.5 Å². The van der Waals surface area contributed by atoms with Gasteiger partial charge in [-0.25, -0.2) is 4.79 Å². The second kappa shape index (κ2) is 4.87. The van der Waals surface area contributed by atoms with Crippen molar-refractivity contribution >= 4 is 11.8 Å². The number of carbonyl (C=O) groups excluding carboxylic acids is 1. The third kappa shape index (κ3) is 2.73. The zero-order valence-corrected chi connectivity index (χ0v) is 10.3. The van der Waals surface area contributed by atoms with Crippen LogP contribution in [0.25, 0.3) is 0 Å². The van der Waals surface area contributed by atoms with Crippen molar-refractivity contribution in [3.8, 4) is 5.75 Å². The van der Waals surface area contributed by atoms with Gasteiger partial charge in [-0.2, -0.15) is 18.3 Å². The number of carbonyl (C=O) groups is 1. The molecule has 2 rings (SSSR count). The van der Waals surface area contributed by atoms with Crippen molar-refractivity contribution in [2.24, 2.45) is 7.05 Å². The number of nitrogen functional groups attached to an aromatic ring is 1. The number of rotatable bonds is 2. The van der Waals surface area contributed by atoms with E-state index >= 15 is 0 Å². The van der Waals surface area contributed by atoms with Gasteiger partial charge in [0, 0.05) is 13.1 Å². The molecule has 0 saturated heterocycles. The van der Waals surface area contributed by atoms with Crippen LogP contribution < -0.4 is 10.5 Å². The van der Waals surface area contributed by atoms with Gasteiger partial charge in [0.2, 0.25) is 0 Å². The maximum atomic E-state index is 12.8. The summed E-state index contributed by atoms with van der Waals surface area (Å²) >= 11 is 0. The van der Waals surface area contributed by atoms with Crippen molar-refractivity contribution in [2.75, 3.05) is 5.73 Å². The average Bonchev–Trinajstić information content (AvgIpc) is 2.68. The number of benzene rings is 1. The first-order valence-corrected chi connectivity index (χ1v) is 5.47. The summed E-state index contributed by atoms with van der Waals surface area (Å²) < 4.78 is 44.2. The lowest BCUT2D eigenvalue weighted by atomic mass is 10.2. The van der Waals surface area contributed by atoms with Gasteiger partial charge in [-0.05, 0) is 12.1 Å². The monoisotopic (exact) mass is 285 g/mol. The Labute approximate surface area is 111 Å². The number of para-hydroxylation sites is 1. The van der Waals surface area contributed by atoms with Crippen LogP contribution in [0.15, 0.2) is 30.3 Å². The van der Waals surface area contributed by atoms with E-state index in [1.807, 2.05) is 0 Å². The molecule has 0 unspecified atom stereocenters. The molecule has 0 amide bonds. The number of hydrogen-bond acceptors (Lipinski definition) is 4. The molecule has 20 heavy (non-hydrogen) atoms. The van der Waals surface area contributed by atoms with Crippen molar-refractivity contribution in [2.45, 2.75) is 6.18 Å². The Kier molecular flexibility index (Phi) is 3.39. The molecule has 0 radical (unpaired) electrons. The van der Waals surface area contributed by atoms with Gasteiger partial charge in [-0.1, -0.05) is 12.1 Å². The summed E-state index contributed by atoms with van der Waals surface area (Å²) in [5, 5.41) is 3.72. The van der Waals surface area contributed by atoms with Crippen molar-refractivity contribution in [3.05, 3.63) is 41.6 Å². The Hall–Kier alpha value is -2.51. The topological polar surface area (TPSA) is 70.1 Å². The largest absolute Gasteiger partial charge is 0.421 e. The number of aromatic nitrogens is 2. The standard InChI is InChI=1S/C12H10F3N3O2/c1-18-8(6-10(16)17-18)11(19)20-9-5-3-2-4-7(9)12(13,14)15/h2-6H,1H3,(H2,16,17). The Bertz CT molecular complexity index is 650. The normalized spacial score (nSPS) is 11.4. The lowest BCUT2D eigenvalue weighted by Gasteiger charge is -2.12. The molecule has 1 aromatic carbocycles. The first kappa shape index (κ1) is 13.9. The van der Waals surface area contributed by atoms with Crippen molar-refractivity contribution < 1.29 is 22.7 Å². The fourth-order valence-corrected chi connectivity index (χ4v) is 1.62. The summed E-state index contributed by atoms with van der Waals surface area (Å²) in [7, 11) is 1.43. The first-order chi connectivity index (χ1) is 9.29. The van der Waals surface area contributed by atoms with Crippen LogP contribution in [0.3, 0.4) is 0 Å². The zero-order valence-electron chi connectivity index (χ0n) is 10.3. The fourth-order valence-electron chi connectivity index (χ4n) is 1.62. The van der Waals surface area contributed by atoms with Gasteiger partial charge in [0.25, 0.3) is 0 Å². The summed E-state index contributed by atoms with van der Waals surface area (Å²) in [5.41, 5.74) is 4.32. The quantitative estimate of drug-likeness (QED) is 0.678. The zero-order chi connectivity index (χ0) is 14.9. The predicted molar refractivity (Wildman–Crippen MR) is 64.0 cm³/mol. The average molecular weight is 285 g/mol. The van der Waals surface area contributed by atoms with Gasteiger partial charge in [0.15, 0.2) is 0 Å². The van der Waals surface area contributed by atoms with Crippen LogP contribution in [0.2, 0.25) is 0 Å². The highest BCUT2D eigenvalue weighted by Gasteiger charge is 2.34. The molecule has 106 valence electrons. The second-order valence-electron chi connectivity index (χ2n) is 3.96. The van der Waals surface area contributed by atoms with Gasteiger partial charge in [-0.15, -0.1) is 0 Å². The Morgan fingerprint density at radius 3 is 2.55 bits per heavy atom. The van der Waals surface area contributed by atoms with Crippen LogP contribution in [-0.2, 0) is 13.2 Å². The van der Waals surface area contributed by atoms with E-state index in [0.717, 1.165) is 16.8 Å². The summed E-state index contributed by atoms with van der Waals surface area (Å²) in [4.78, 5) is 11.8. The van der Waals surface area contributed by atoms with Gasteiger partial charge < -0.3 is 10.5 Å². The summed E-state index contributed by atoms with van der Waals surface area (Å²) in [6.45, 7) is 0. The lowest BCUT2D eigenvalue weighted by molar-refractivity contribution is -0.138. The molecule has 0 aliphatic carbocycles. The first-order valence-electron chi connectivity index (χ1n) is 5.47. The van der Waals surface area contributed by atoms with E-state index in [1.165, 1.54) is 25.2 Å². The molecule has 2 aromatic rings. The molecule has 0 saturated carbocycles. The van der Waals surface area contributed by atoms with Gasteiger partial charge in [0.05, 0.1) is 5.56 Å². The van der Waals surface area contributed by atoms with E-state index in [-0.39, 0.29) is 11.5 Å². The number of nitrogens with two attached hydrogens (primary N) is 1. The smallest absolute Gasteiger partial charge is 0.419 e. The number of ether oxygens (including phenoxy) is 1. The van der Waals surface area contributed by atoms with Crippen LogP contribution in [-0.4, -0.2) is 15.7 Å². The minimum Gasteiger partial charge on any atom is -0.421 e. The maximum absolute atomic E-state index is 12.8. The Morgan fingerprint density at radius 2 is 2.00 bits per heavy atom. The van der Waals surface area contributed by atoms with E-state index in [1.54, 1.807) is 0 Å². The number of alkyl halides is 3. The highest BCUT2D eigenvalue weighted by molar-refractivity contribution is 5.90. The molecule has 5 nitrogen and oxygen atoms in total. The molecule has 0 spiro atoms. The molecule has 0 atom stereocenters. The summed E-state index contributed by atoms with van der Waals surface area (Å²) in [5.74, 6) is -1.46. The predicted octanol–water partition coefficient (Wildman–Crippen LogP) is 2.24. The Balaban J connectivity index is 2.31. The molecule has 1 heterocycles. The van der Waals surface area contributed by atoms with E-state index in [9.17, 15) is 18.0 Å². The molecule has 0 bridgehead atoms. The highest BCUT2D eigenvalue weighted by Crippen LogP contribution is 2.36. The van der Waals surface area contributed by atoms with Crippen LogP contribution in [0.1, 0.15) is 16.1 Å². The van der Waals surface area contributed by atoms with Crippen LogP contribution in [0.5, 0.6) is 5.75 Å². The summed E-state index contributed by atoms with van der Waals surface area (Å²) in [6, 6.07) is 5.68. The van der Waals surface area contributed by atoms with Crippen LogP contribution in [0, 0.1) is 0 Å². The van der Waals surface area contributed by atoms with Gasteiger partial charge in [0.1, 0.15) is 17.3 Å². The van der Waals surface area contributed by atoms with Crippen LogP contribution in [0.4, 0.5) is 19.0 Å². The van der Waals surface area contributed by atoms with Crippen molar-refractivity contribution in [3.63, 3.8) is 0 Å². The third-order valence-electron chi connectivity index (χ3n) is 2.50. The molecular weight excluding hydrogens is 275 g/mol. The number of hydrogen-bond donors (Lipinski definition) is 1. The molecule has 0 aliphatic heterocycles. The number of esters is 1. The molecule has 8 heteroatoms. The SMILES string of the molecule is Cn1nc(N)cc1C(=O)Oc1ccccc1C(F)(F)F. The molecule has 0 fully saturated rings. The number of aryl methyl sites for hydroxylation is 1. The molecule has 1 aromatic heterocycles. The number of nitrogens with zero attached hydrogens (tertiary/aromatic N) is 2. The molecular formula is C12H10F3N3O2. The molecule has 2 N–H and O–H groups in total. The summed E-state index contributed by atoms with van der Waals surface area (Å²) in [6.07, 6.45) is -4.61. The lowest BCUT2D eigenvalue weighted by Crippen LogP contribution is -2.16. The fraction of sp³-hybridized carbons (Fsp3) is 0.167. The maximum Gasteiger partial charge on any atom is 0.419 e. The third-order valence-corrected chi connectivity index (χ3v) is 2.50. The number of halogens is 3. The second-order valence-corrected chi connectivity index (χ2v) is 3.96. The van der Waals surface area contributed by atoms with Gasteiger partial charge in [-0.3, -0.25) is 4.68 Å². The van der Waals surface area contributed by atoms with Gasteiger partial charge >= 0.3 is 12.1 Å². The van der Waals surface area contributed by atoms with E-state index in [2.05, 4.69) is 5.10 Å². The van der Waals surface area contributed by atoms with E-state index in [4.69, 9.17) is 10.5 Å².